The molecule has 1 aliphatic heterocycles. The average Bonchev–Trinajstić information content (AvgIpc) is 2.93. The van der Waals surface area contributed by atoms with Crippen LogP contribution in [0.5, 0.6) is 0 Å². The molecule has 0 aromatic heterocycles. The molecule has 1 aliphatic rings. The number of carbonyl (C=O) groups is 1. The van der Waals surface area contributed by atoms with E-state index >= 15 is 0 Å². The highest BCUT2D eigenvalue weighted by atomic mass is 16.3. The Morgan fingerprint density at radius 3 is 2.85 bits per heavy atom. The molecule has 1 aromatic carbocycles. The first-order valence-corrected chi connectivity index (χ1v) is 7.19. The van der Waals surface area contributed by atoms with Gasteiger partial charge in [-0.1, -0.05) is 18.2 Å². The molecule has 5 nitrogen and oxygen atoms in total. The van der Waals surface area contributed by atoms with Crippen LogP contribution in [0.25, 0.3) is 0 Å². The summed E-state index contributed by atoms with van der Waals surface area (Å²) in [5.74, 6) is -0.0392. The van der Waals surface area contributed by atoms with Gasteiger partial charge in [-0.15, -0.1) is 0 Å². The molecule has 3 N–H and O–H groups in total. The molecular weight excluding hydrogens is 254 g/mol. The van der Waals surface area contributed by atoms with E-state index in [0.29, 0.717) is 19.1 Å². The Morgan fingerprint density at radius 2 is 2.20 bits per heavy atom. The molecule has 1 atom stereocenters. The number of nitrogens with zero attached hydrogens (tertiary/aromatic N) is 1. The topological polar surface area (TPSA) is 64.6 Å². The lowest BCUT2D eigenvalue weighted by Crippen LogP contribution is -2.42. The van der Waals surface area contributed by atoms with Crippen molar-refractivity contribution in [2.75, 3.05) is 38.1 Å². The maximum absolute atomic E-state index is 12.0. The maximum atomic E-state index is 12.0. The van der Waals surface area contributed by atoms with E-state index in [0.717, 1.165) is 25.2 Å². The van der Waals surface area contributed by atoms with Crippen LogP contribution in [-0.4, -0.2) is 54.7 Å². The predicted molar refractivity (Wildman–Crippen MR) is 79.6 cm³/mol. The zero-order chi connectivity index (χ0) is 14.2. The monoisotopic (exact) mass is 277 g/mol. The summed E-state index contributed by atoms with van der Waals surface area (Å²) in [6.45, 7) is 2.77. The van der Waals surface area contributed by atoms with Gasteiger partial charge in [-0.2, -0.15) is 0 Å². The molecule has 1 aromatic rings. The van der Waals surface area contributed by atoms with E-state index in [1.807, 2.05) is 35.2 Å². The van der Waals surface area contributed by atoms with Crippen molar-refractivity contribution < 1.29 is 9.90 Å². The van der Waals surface area contributed by atoms with Crippen molar-refractivity contribution in [2.24, 2.45) is 0 Å². The molecule has 1 unspecified atom stereocenters. The number of amides is 1. The third-order valence-electron chi connectivity index (χ3n) is 3.48. The van der Waals surface area contributed by atoms with Crippen molar-refractivity contribution in [1.82, 2.24) is 10.2 Å². The number of para-hydroxylation sites is 1. The SMILES string of the molecule is O=C(CN(CCO)CC1CCCN1)Nc1ccccc1. The van der Waals surface area contributed by atoms with E-state index in [9.17, 15) is 4.79 Å². The summed E-state index contributed by atoms with van der Waals surface area (Å²) >= 11 is 0. The maximum Gasteiger partial charge on any atom is 0.238 e. The van der Waals surface area contributed by atoms with Gasteiger partial charge in [-0.05, 0) is 31.5 Å². The number of carbonyl (C=O) groups excluding carboxylic acids is 1. The summed E-state index contributed by atoms with van der Waals surface area (Å²) in [5.41, 5.74) is 0.806. The second kappa shape index (κ2) is 7.99. The highest BCUT2D eigenvalue weighted by Gasteiger charge is 2.19. The van der Waals surface area contributed by atoms with Crippen molar-refractivity contribution in [3.05, 3.63) is 30.3 Å². The van der Waals surface area contributed by atoms with Gasteiger partial charge in [-0.3, -0.25) is 9.69 Å². The summed E-state index contributed by atoms with van der Waals surface area (Å²) < 4.78 is 0. The second-order valence-corrected chi connectivity index (χ2v) is 5.17. The van der Waals surface area contributed by atoms with Gasteiger partial charge in [0.25, 0.3) is 0 Å². The molecule has 0 radical (unpaired) electrons. The first-order chi connectivity index (χ1) is 9.78. The summed E-state index contributed by atoms with van der Waals surface area (Å²) in [7, 11) is 0. The van der Waals surface area contributed by atoms with Gasteiger partial charge in [0, 0.05) is 24.8 Å². The van der Waals surface area contributed by atoms with Crippen molar-refractivity contribution in [1.29, 1.82) is 0 Å². The molecule has 0 bridgehead atoms. The fourth-order valence-corrected chi connectivity index (χ4v) is 2.53. The van der Waals surface area contributed by atoms with Gasteiger partial charge in [0.2, 0.25) is 5.91 Å². The molecule has 1 heterocycles. The number of benzene rings is 1. The van der Waals surface area contributed by atoms with Crippen LogP contribution in [0.2, 0.25) is 0 Å². The molecule has 2 rings (SSSR count). The number of aliphatic hydroxyl groups excluding tert-OH is 1. The number of rotatable bonds is 7. The quantitative estimate of drug-likeness (QED) is 0.685. The molecule has 0 spiro atoms. The van der Waals surface area contributed by atoms with E-state index in [4.69, 9.17) is 5.11 Å². The molecule has 0 saturated carbocycles. The van der Waals surface area contributed by atoms with Gasteiger partial charge in [-0.25, -0.2) is 0 Å². The van der Waals surface area contributed by atoms with Gasteiger partial charge in [0.15, 0.2) is 0 Å². The van der Waals surface area contributed by atoms with Crippen LogP contribution in [0.4, 0.5) is 5.69 Å². The molecular formula is C15H23N3O2. The van der Waals surface area contributed by atoms with Gasteiger partial charge < -0.3 is 15.7 Å². The van der Waals surface area contributed by atoms with Crippen LogP contribution in [0.3, 0.4) is 0 Å². The minimum Gasteiger partial charge on any atom is -0.395 e. The van der Waals surface area contributed by atoms with Crippen molar-refractivity contribution in [3.8, 4) is 0 Å². The number of anilines is 1. The first kappa shape index (κ1) is 15.0. The molecule has 1 saturated heterocycles. The lowest BCUT2D eigenvalue weighted by molar-refractivity contribution is -0.117. The van der Waals surface area contributed by atoms with Gasteiger partial charge in [0.1, 0.15) is 0 Å². The van der Waals surface area contributed by atoms with Crippen molar-refractivity contribution in [3.63, 3.8) is 0 Å². The molecule has 0 aliphatic carbocycles. The fraction of sp³-hybridized carbons (Fsp3) is 0.533. The first-order valence-electron chi connectivity index (χ1n) is 7.19. The molecule has 1 amide bonds. The van der Waals surface area contributed by atoms with E-state index in [-0.39, 0.29) is 12.5 Å². The van der Waals surface area contributed by atoms with Crippen LogP contribution in [0, 0.1) is 0 Å². The Labute approximate surface area is 120 Å². The van der Waals surface area contributed by atoms with Crippen molar-refractivity contribution in [2.45, 2.75) is 18.9 Å². The number of hydrogen-bond donors (Lipinski definition) is 3. The number of aliphatic hydroxyl groups is 1. The highest BCUT2D eigenvalue weighted by Crippen LogP contribution is 2.08. The summed E-state index contributed by atoms with van der Waals surface area (Å²) in [4.78, 5) is 14.0. The third-order valence-corrected chi connectivity index (χ3v) is 3.48. The Kier molecular flexibility index (Phi) is 5.98. The van der Waals surface area contributed by atoms with Crippen LogP contribution < -0.4 is 10.6 Å². The Balaban J connectivity index is 1.81. The average molecular weight is 277 g/mol. The van der Waals surface area contributed by atoms with E-state index in [1.165, 1.54) is 6.42 Å². The second-order valence-electron chi connectivity index (χ2n) is 5.17. The highest BCUT2D eigenvalue weighted by molar-refractivity contribution is 5.92. The van der Waals surface area contributed by atoms with Gasteiger partial charge in [0.05, 0.1) is 13.2 Å². The smallest absolute Gasteiger partial charge is 0.238 e. The predicted octanol–water partition coefficient (Wildman–Crippen LogP) is 0.671. The van der Waals surface area contributed by atoms with E-state index in [2.05, 4.69) is 10.6 Å². The molecule has 5 heteroatoms. The lowest BCUT2D eigenvalue weighted by Gasteiger charge is -2.24. The minimum absolute atomic E-state index is 0.0392. The third kappa shape index (κ3) is 4.92. The number of nitrogens with one attached hydrogen (secondary N) is 2. The largest absolute Gasteiger partial charge is 0.395 e. The summed E-state index contributed by atoms with van der Waals surface area (Å²) in [5, 5.41) is 15.4. The zero-order valence-electron chi connectivity index (χ0n) is 11.7. The Morgan fingerprint density at radius 1 is 1.40 bits per heavy atom. The van der Waals surface area contributed by atoms with Crippen LogP contribution in [0.15, 0.2) is 30.3 Å². The van der Waals surface area contributed by atoms with Gasteiger partial charge >= 0.3 is 0 Å². The van der Waals surface area contributed by atoms with Crippen LogP contribution in [0.1, 0.15) is 12.8 Å². The Bertz CT molecular complexity index is 405. The summed E-state index contributed by atoms with van der Waals surface area (Å²) in [6.07, 6.45) is 2.33. The minimum atomic E-state index is -0.0392. The molecule has 20 heavy (non-hydrogen) atoms. The normalized spacial score (nSPS) is 18.4. The molecule has 110 valence electrons. The molecule has 1 fully saturated rings. The van der Waals surface area contributed by atoms with Crippen molar-refractivity contribution >= 4 is 11.6 Å². The lowest BCUT2D eigenvalue weighted by atomic mass is 10.2. The zero-order valence-corrected chi connectivity index (χ0v) is 11.7. The standard InChI is InChI=1S/C15H23N3O2/c19-10-9-18(11-14-7-4-8-16-14)12-15(20)17-13-5-2-1-3-6-13/h1-3,5-6,14,16,19H,4,7-12H2,(H,17,20). The Hall–Kier alpha value is -1.43. The van der Waals surface area contributed by atoms with E-state index < -0.39 is 0 Å². The fourth-order valence-electron chi connectivity index (χ4n) is 2.53. The van der Waals surface area contributed by atoms with Crippen LogP contribution >= 0.6 is 0 Å². The number of hydrogen-bond acceptors (Lipinski definition) is 4. The van der Waals surface area contributed by atoms with Crippen LogP contribution in [-0.2, 0) is 4.79 Å². The van der Waals surface area contributed by atoms with E-state index in [1.54, 1.807) is 0 Å². The summed E-state index contributed by atoms with van der Waals surface area (Å²) in [6, 6.07) is 9.87.